The van der Waals surface area contributed by atoms with Gasteiger partial charge in [0, 0.05) is 21.1 Å². The molecule has 1 aromatic rings. The number of benzene rings is 1. The van der Waals surface area contributed by atoms with E-state index in [9.17, 15) is 4.79 Å². The minimum absolute atomic E-state index is 0.00227. The Morgan fingerprint density at radius 1 is 1.31 bits per heavy atom. The molecule has 2 N–H and O–H groups in total. The van der Waals surface area contributed by atoms with Crippen LogP contribution in [0.3, 0.4) is 0 Å². The minimum Gasteiger partial charge on any atom is -0.358 e. The zero-order valence-corrected chi connectivity index (χ0v) is 10.0. The molecule has 0 aliphatic heterocycles. The third-order valence-electron chi connectivity index (χ3n) is 2.26. The number of amides is 1. The Morgan fingerprint density at radius 2 is 1.94 bits per heavy atom. The lowest BCUT2D eigenvalue weighted by Crippen LogP contribution is -2.49. The Labute approximate surface area is 96.6 Å². The number of carbonyl (C=O) groups excluding carboxylic acids is 1. The second-order valence-electron chi connectivity index (χ2n) is 3.88. The Morgan fingerprint density at radius 3 is 2.44 bits per heavy atom. The summed E-state index contributed by atoms with van der Waals surface area (Å²) in [5.74, 6) is -0.00227. The van der Waals surface area contributed by atoms with Crippen LogP contribution in [0.15, 0.2) is 30.3 Å². The van der Waals surface area contributed by atoms with Gasteiger partial charge in [0.15, 0.2) is 0 Å². The molecule has 1 aromatic carbocycles. The Bertz CT molecular complexity index is 324. The molecule has 1 amide bonds. The van der Waals surface area contributed by atoms with Gasteiger partial charge in [0.05, 0.1) is 0 Å². The van der Waals surface area contributed by atoms with Crippen LogP contribution < -0.4 is 10.7 Å². The topological polar surface area (TPSA) is 44.4 Å². The average Bonchev–Trinajstić information content (AvgIpc) is 2.28. The van der Waals surface area contributed by atoms with E-state index in [1.807, 2.05) is 44.4 Å². The molecule has 0 aliphatic carbocycles. The van der Waals surface area contributed by atoms with Crippen molar-refractivity contribution in [3.63, 3.8) is 0 Å². The van der Waals surface area contributed by atoms with Crippen LogP contribution in [-0.2, 0) is 11.2 Å². The number of hydrogen-bond acceptors (Lipinski definition) is 3. The van der Waals surface area contributed by atoms with Gasteiger partial charge in [0.2, 0.25) is 5.91 Å². The molecule has 0 aromatic heterocycles. The van der Waals surface area contributed by atoms with Crippen molar-refractivity contribution in [3.05, 3.63) is 35.9 Å². The van der Waals surface area contributed by atoms with Gasteiger partial charge in [-0.3, -0.25) is 4.79 Å². The lowest BCUT2D eigenvalue weighted by Gasteiger charge is -2.21. The number of likely N-dealkylation sites (N-methyl/N-ethyl adjacent to an activating group) is 1. The maximum atomic E-state index is 11.7. The van der Waals surface area contributed by atoms with Crippen LogP contribution in [0, 0.1) is 0 Å². The Kier molecular flexibility index (Phi) is 4.95. The standard InChI is InChI=1S/C12H19N3O/c1-13-12(16)11(14-15(2)3)9-10-7-5-4-6-8-10/h4-8,11,14H,9H2,1-3H3,(H,13,16)/t11-/m0/s1. The molecule has 88 valence electrons. The maximum Gasteiger partial charge on any atom is 0.238 e. The van der Waals surface area contributed by atoms with Gasteiger partial charge in [-0.15, -0.1) is 0 Å². The first-order valence-electron chi connectivity index (χ1n) is 5.32. The number of nitrogens with zero attached hydrogens (tertiary/aromatic N) is 1. The summed E-state index contributed by atoms with van der Waals surface area (Å²) in [5, 5.41) is 4.46. The molecule has 0 unspecified atom stereocenters. The van der Waals surface area contributed by atoms with E-state index in [0.29, 0.717) is 6.42 Å². The first-order chi connectivity index (χ1) is 7.63. The zero-order chi connectivity index (χ0) is 12.0. The molecule has 1 atom stereocenters. The molecule has 1 rings (SSSR count). The van der Waals surface area contributed by atoms with Crippen LogP contribution in [0.5, 0.6) is 0 Å². The second-order valence-corrected chi connectivity index (χ2v) is 3.88. The van der Waals surface area contributed by atoms with Crippen LogP contribution in [0.4, 0.5) is 0 Å². The molecular formula is C12H19N3O. The fraction of sp³-hybridized carbons (Fsp3) is 0.417. The van der Waals surface area contributed by atoms with E-state index in [1.54, 1.807) is 12.1 Å². The van der Waals surface area contributed by atoms with Gasteiger partial charge in [0.25, 0.3) is 0 Å². The highest BCUT2D eigenvalue weighted by Crippen LogP contribution is 2.03. The average molecular weight is 221 g/mol. The van der Waals surface area contributed by atoms with Crippen LogP contribution in [0.2, 0.25) is 0 Å². The SMILES string of the molecule is CNC(=O)[C@H](Cc1ccccc1)NN(C)C. The zero-order valence-electron chi connectivity index (χ0n) is 10.0. The summed E-state index contributed by atoms with van der Waals surface area (Å²) < 4.78 is 0. The summed E-state index contributed by atoms with van der Waals surface area (Å²) in [7, 11) is 5.40. The van der Waals surface area contributed by atoms with Gasteiger partial charge in [-0.25, -0.2) is 10.4 Å². The quantitative estimate of drug-likeness (QED) is 0.708. The van der Waals surface area contributed by atoms with Crippen molar-refractivity contribution >= 4 is 5.91 Å². The predicted octanol–water partition coefficient (Wildman–Crippen LogP) is 0.410. The molecule has 4 heteroatoms. The summed E-state index contributed by atoms with van der Waals surface area (Å²) in [6.07, 6.45) is 0.679. The van der Waals surface area contributed by atoms with Gasteiger partial charge in [-0.05, 0) is 12.0 Å². The van der Waals surface area contributed by atoms with Gasteiger partial charge in [-0.2, -0.15) is 0 Å². The molecule has 0 saturated carbocycles. The molecule has 16 heavy (non-hydrogen) atoms. The fourth-order valence-corrected chi connectivity index (χ4v) is 1.53. The first kappa shape index (κ1) is 12.7. The first-order valence-corrected chi connectivity index (χ1v) is 5.32. The third-order valence-corrected chi connectivity index (χ3v) is 2.26. The van der Waals surface area contributed by atoms with Crippen molar-refractivity contribution in [3.8, 4) is 0 Å². The number of nitrogens with one attached hydrogen (secondary N) is 2. The third kappa shape index (κ3) is 4.00. The smallest absolute Gasteiger partial charge is 0.238 e. The van der Waals surface area contributed by atoms with E-state index in [2.05, 4.69) is 10.7 Å². The highest BCUT2D eigenvalue weighted by atomic mass is 16.2. The summed E-state index contributed by atoms with van der Waals surface area (Å²) in [6.45, 7) is 0. The van der Waals surface area contributed by atoms with E-state index in [-0.39, 0.29) is 11.9 Å². The van der Waals surface area contributed by atoms with Crippen LogP contribution in [-0.4, -0.2) is 38.1 Å². The van der Waals surface area contributed by atoms with E-state index < -0.39 is 0 Å². The van der Waals surface area contributed by atoms with Crippen molar-refractivity contribution in [2.75, 3.05) is 21.1 Å². The molecule has 0 fully saturated rings. The van der Waals surface area contributed by atoms with E-state index >= 15 is 0 Å². The molecule has 0 bridgehead atoms. The molecule has 0 saturated heterocycles. The maximum absolute atomic E-state index is 11.7. The van der Waals surface area contributed by atoms with Gasteiger partial charge in [0.1, 0.15) is 6.04 Å². The van der Waals surface area contributed by atoms with Crippen molar-refractivity contribution in [1.29, 1.82) is 0 Å². The predicted molar refractivity (Wildman–Crippen MR) is 64.8 cm³/mol. The number of hydrazine groups is 1. The molecule has 0 spiro atoms. The monoisotopic (exact) mass is 221 g/mol. The molecule has 4 nitrogen and oxygen atoms in total. The minimum atomic E-state index is -0.234. The highest BCUT2D eigenvalue weighted by molar-refractivity contribution is 5.81. The molecule has 0 radical (unpaired) electrons. The summed E-state index contributed by atoms with van der Waals surface area (Å²) in [6, 6.07) is 9.73. The number of carbonyl (C=O) groups is 1. The van der Waals surface area contributed by atoms with Crippen LogP contribution in [0.1, 0.15) is 5.56 Å². The lowest BCUT2D eigenvalue weighted by atomic mass is 10.1. The summed E-state index contributed by atoms with van der Waals surface area (Å²) >= 11 is 0. The van der Waals surface area contributed by atoms with E-state index in [1.165, 1.54) is 0 Å². The Balaban J connectivity index is 2.67. The fourth-order valence-electron chi connectivity index (χ4n) is 1.53. The summed E-state index contributed by atoms with van der Waals surface area (Å²) in [5.41, 5.74) is 4.24. The van der Waals surface area contributed by atoms with Gasteiger partial charge in [-0.1, -0.05) is 30.3 Å². The molecule has 0 aliphatic rings. The number of rotatable bonds is 5. The van der Waals surface area contributed by atoms with Crippen LogP contribution >= 0.6 is 0 Å². The normalized spacial score (nSPS) is 12.5. The second kappa shape index (κ2) is 6.25. The van der Waals surface area contributed by atoms with Crippen molar-refractivity contribution in [2.24, 2.45) is 0 Å². The Hall–Kier alpha value is -1.39. The highest BCUT2D eigenvalue weighted by Gasteiger charge is 2.17. The molecular weight excluding hydrogens is 202 g/mol. The van der Waals surface area contributed by atoms with Gasteiger partial charge >= 0.3 is 0 Å². The van der Waals surface area contributed by atoms with Crippen molar-refractivity contribution < 1.29 is 4.79 Å². The number of hydrogen-bond donors (Lipinski definition) is 2. The van der Waals surface area contributed by atoms with E-state index in [4.69, 9.17) is 0 Å². The van der Waals surface area contributed by atoms with Crippen molar-refractivity contribution in [2.45, 2.75) is 12.5 Å². The molecule has 0 heterocycles. The lowest BCUT2D eigenvalue weighted by molar-refractivity contribution is -0.123. The van der Waals surface area contributed by atoms with Crippen LogP contribution in [0.25, 0.3) is 0 Å². The van der Waals surface area contributed by atoms with E-state index in [0.717, 1.165) is 5.56 Å². The largest absolute Gasteiger partial charge is 0.358 e. The van der Waals surface area contributed by atoms with Gasteiger partial charge < -0.3 is 5.32 Å². The van der Waals surface area contributed by atoms with Crippen molar-refractivity contribution in [1.82, 2.24) is 15.8 Å². The summed E-state index contributed by atoms with van der Waals surface area (Å²) in [4.78, 5) is 11.7.